The predicted octanol–water partition coefficient (Wildman–Crippen LogP) is 2.80. The third-order valence-electron chi connectivity index (χ3n) is 2.01. The first-order valence-corrected chi connectivity index (χ1v) is 5.28. The summed E-state index contributed by atoms with van der Waals surface area (Å²) in [6.45, 7) is 2.45. The van der Waals surface area contributed by atoms with Crippen LogP contribution in [0.1, 0.15) is 21.5 Å². The van der Waals surface area contributed by atoms with Crippen LogP contribution in [0, 0.1) is 0 Å². The maximum Gasteiger partial charge on any atom is 0.169 e. The Morgan fingerprint density at radius 3 is 2.64 bits per heavy atom. The van der Waals surface area contributed by atoms with Gasteiger partial charge in [0.25, 0.3) is 0 Å². The Morgan fingerprint density at radius 1 is 1.36 bits per heavy atom. The van der Waals surface area contributed by atoms with E-state index < -0.39 is 0 Å². The lowest BCUT2D eigenvalue weighted by Gasteiger charge is -1.97. The number of nitrogens with zero attached hydrogens (tertiary/aromatic N) is 1. The molecule has 0 N–H and O–H groups in total. The Hall–Kier alpha value is -1.35. The number of rotatable bonds is 3. The number of hydrogen-bond acceptors (Lipinski definition) is 2. The van der Waals surface area contributed by atoms with Crippen LogP contribution in [0.4, 0.5) is 0 Å². The number of thiophene rings is 1. The molecule has 0 aromatic carbocycles. The standard InChI is InChI=1S/C11H11NOS/c1-9(13)11-5-4-10(14-11)8-12-6-2-3-7-12/h2-7H,8H2,1H3. The lowest BCUT2D eigenvalue weighted by Crippen LogP contribution is -1.92. The van der Waals surface area contributed by atoms with E-state index >= 15 is 0 Å². The molecule has 0 atom stereocenters. The Labute approximate surface area is 86.8 Å². The SMILES string of the molecule is CC(=O)c1ccc(Cn2cccc2)s1. The first-order valence-electron chi connectivity index (χ1n) is 4.46. The van der Waals surface area contributed by atoms with E-state index in [1.807, 2.05) is 36.7 Å². The highest BCUT2D eigenvalue weighted by molar-refractivity contribution is 7.14. The third kappa shape index (κ3) is 1.93. The van der Waals surface area contributed by atoms with Crippen molar-refractivity contribution in [1.29, 1.82) is 0 Å². The molecule has 0 unspecified atom stereocenters. The summed E-state index contributed by atoms with van der Waals surface area (Å²) in [6.07, 6.45) is 4.04. The zero-order chi connectivity index (χ0) is 9.97. The monoisotopic (exact) mass is 205 g/mol. The maximum atomic E-state index is 11.1. The van der Waals surface area contributed by atoms with Gasteiger partial charge in [0.1, 0.15) is 0 Å². The minimum absolute atomic E-state index is 0.147. The van der Waals surface area contributed by atoms with Crippen molar-refractivity contribution < 1.29 is 4.79 Å². The maximum absolute atomic E-state index is 11.1. The fraction of sp³-hybridized carbons (Fsp3) is 0.182. The largest absolute Gasteiger partial charge is 0.349 e. The van der Waals surface area contributed by atoms with Gasteiger partial charge in [-0.1, -0.05) is 0 Å². The summed E-state index contributed by atoms with van der Waals surface area (Å²) in [7, 11) is 0. The zero-order valence-electron chi connectivity index (χ0n) is 7.93. The van der Waals surface area contributed by atoms with E-state index in [0.29, 0.717) is 0 Å². The number of carbonyl (C=O) groups is 1. The fourth-order valence-corrected chi connectivity index (χ4v) is 2.22. The molecule has 2 heterocycles. The van der Waals surface area contributed by atoms with E-state index in [1.165, 1.54) is 4.88 Å². The van der Waals surface area contributed by atoms with E-state index in [9.17, 15) is 4.79 Å². The zero-order valence-corrected chi connectivity index (χ0v) is 8.75. The van der Waals surface area contributed by atoms with Crippen molar-refractivity contribution in [3.05, 3.63) is 46.4 Å². The smallest absolute Gasteiger partial charge is 0.169 e. The molecule has 72 valence electrons. The van der Waals surface area contributed by atoms with Gasteiger partial charge in [0.05, 0.1) is 11.4 Å². The normalized spacial score (nSPS) is 10.4. The number of aromatic nitrogens is 1. The van der Waals surface area contributed by atoms with E-state index in [4.69, 9.17) is 0 Å². The van der Waals surface area contributed by atoms with E-state index in [0.717, 1.165) is 11.4 Å². The molecule has 0 saturated heterocycles. The van der Waals surface area contributed by atoms with Crippen LogP contribution in [0.5, 0.6) is 0 Å². The van der Waals surface area contributed by atoms with Gasteiger partial charge in [-0.15, -0.1) is 11.3 Å². The molecule has 0 spiro atoms. The topological polar surface area (TPSA) is 22.0 Å². The van der Waals surface area contributed by atoms with Gasteiger partial charge in [-0.25, -0.2) is 0 Å². The minimum atomic E-state index is 0.147. The highest BCUT2D eigenvalue weighted by Gasteiger charge is 2.03. The van der Waals surface area contributed by atoms with E-state index in [1.54, 1.807) is 18.3 Å². The lowest BCUT2D eigenvalue weighted by atomic mass is 10.3. The lowest BCUT2D eigenvalue weighted by molar-refractivity contribution is 0.102. The first kappa shape index (κ1) is 9.21. The molecule has 0 aliphatic rings. The van der Waals surface area contributed by atoms with Gasteiger partial charge in [0.15, 0.2) is 5.78 Å². The second kappa shape index (κ2) is 3.80. The minimum Gasteiger partial charge on any atom is -0.349 e. The van der Waals surface area contributed by atoms with Crippen LogP contribution in [0.2, 0.25) is 0 Å². The second-order valence-corrected chi connectivity index (χ2v) is 4.35. The van der Waals surface area contributed by atoms with Gasteiger partial charge >= 0.3 is 0 Å². The summed E-state index contributed by atoms with van der Waals surface area (Å²) in [6, 6.07) is 7.91. The number of Topliss-reactive ketones (excluding diaryl/α,β-unsaturated/α-hetero) is 1. The average Bonchev–Trinajstić information content (AvgIpc) is 2.75. The molecule has 2 nitrogen and oxygen atoms in total. The molecule has 0 bridgehead atoms. The molecule has 0 aliphatic carbocycles. The molecule has 3 heteroatoms. The predicted molar refractivity (Wildman–Crippen MR) is 57.9 cm³/mol. The van der Waals surface area contributed by atoms with Crippen LogP contribution in [-0.2, 0) is 6.54 Å². The Bertz CT molecular complexity index is 428. The Kier molecular flexibility index (Phi) is 2.50. The fourth-order valence-electron chi connectivity index (χ4n) is 1.31. The van der Waals surface area contributed by atoms with Crippen LogP contribution in [0.3, 0.4) is 0 Å². The number of ketones is 1. The second-order valence-electron chi connectivity index (χ2n) is 3.18. The third-order valence-corrected chi connectivity index (χ3v) is 3.18. The molecule has 0 fully saturated rings. The van der Waals surface area contributed by atoms with Crippen molar-refractivity contribution >= 4 is 17.1 Å². The van der Waals surface area contributed by atoms with Crippen molar-refractivity contribution in [2.24, 2.45) is 0 Å². The highest BCUT2D eigenvalue weighted by Crippen LogP contribution is 2.17. The van der Waals surface area contributed by atoms with Crippen molar-refractivity contribution in [1.82, 2.24) is 4.57 Å². The van der Waals surface area contributed by atoms with Crippen LogP contribution in [0.25, 0.3) is 0 Å². The molecule has 0 radical (unpaired) electrons. The average molecular weight is 205 g/mol. The quantitative estimate of drug-likeness (QED) is 0.706. The van der Waals surface area contributed by atoms with Gasteiger partial charge in [0.2, 0.25) is 0 Å². The molecule has 0 amide bonds. The molecular weight excluding hydrogens is 194 g/mol. The van der Waals surface area contributed by atoms with Crippen LogP contribution in [0.15, 0.2) is 36.7 Å². The van der Waals surface area contributed by atoms with Crippen molar-refractivity contribution in [2.45, 2.75) is 13.5 Å². The Balaban J connectivity index is 2.14. The van der Waals surface area contributed by atoms with Crippen LogP contribution in [-0.4, -0.2) is 10.4 Å². The number of hydrogen-bond donors (Lipinski definition) is 0. The summed E-state index contributed by atoms with van der Waals surface area (Å²) in [4.78, 5) is 13.1. The first-order chi connectivity index (χ1) is 6.75. The summed E-state index contributed by atoms with van der Waals surface area (Å²) in [5.41, 5.74) is 0. The molecule has 2 aromatic heterocycles. The number of carbonyl (C=O) groups excluding carboxylic acids is 1. The summed E-state index contributed by atoms with van der Waals surface area (Å²) in [5, 5.41) is 0. The molecule has 14 heavy (non-hydrogen) atoms. The molecule has 2 rings (SSSR count). The molecule has 0 aliphatic heterocycles. The van der Waals surface area contributed by atoms with Gasteiger partial charge in [-0.3, -0.25) is 4.79 Å². The van der Waals surface area contributed by atoms with Crippen molar-refractivity contribution in [2.75, 3.05) is 0 Å². The van der Waals surface area contributed by atoms with Gasteiger partial charge in [-0.2, -0.15) is 0 Å². The van der Waals surface area contributed by atoms with E-state index in [-0.39, 0.29) is 5.78 Å². The summed E-state index contributed by atoms with van der Waals surface area (Å²) in [5.74, 6) is 0.147. The van der Waals surface area contributed by atoms with Crippen LogP contribution < -0.4 is 0 Å². The van der Waals surface area contributed by atoms with Crippen molar-refractivity contribution in [3.8, 4) is 0 Å². The van der Waals surface area contributed by atoms with Crippen molar-refractivity contribution in [3.63, 3.8) is 0 Å². The summed E-state index contributed by atoms with van der Waals surface area (Å²) < 4.78 is 2.09. The molecule has 0 saturated carbocycles. The van der Waals surface area contributed by atoms with Crippen LogP contribution >= 0.6 is 11.3 Å². The summed E-state index contributed by atoms with van der Waals surface area (Å²) >= 11 is 1.57. The molecular formula is C11H11NOS. The van der Waals surface area contributed by atoms with Gasteiger partial charge in [-0.05, 0) is 31.2 Å². The Morgan fingerprint density at radius 2 is 2.07 bits per heavy atom. The highest BCUT2D eigenvalue weighted by atomic mass is 32.1. The van der Waals surface area contributed by atoms with E-state index in [2.05, 4.69) is 4.57 Å². The molecule has 2 aromatic rings. The van der Waals surface area contributed by atoms with Gasteiger partial charge < -0.3 is 4.57 Å². The van der Waals surface area contributed by atoms with Gasteiger partial charge in [0, 0.05) is 17.3 Å².